The summed E-state index contributed by atoms with van der Waals surface area (Å²) in [5.74, 6) is 0.577. The molecule has 1 aliphatic rings. The third kappa shape index (κ3) is 6.17. The minimum atomic E-state index is -0.156. The minimum Gasteiger partial charge on any atom is -0.376 e. The molecular formula is C15H23FIN3O. The summed E-state index contributed by atoms with van der Waals surface area (Å²) in [7, 11) is 1.73. The highest BCUT2D eigenvalue weighted by Gasteiger charge is 2.15. The molecule has 0 aromatic heterocycles. The van der Waals surface area contributed by atoms with E-state index in [0.29, 0.717) is 13.0 Å². The van der Waals surface area contributed by atoms with Crippen LogP contribution in [-0.4, -0.2) is 38.8 Å². The van der Waals surface area contributed by atoms with Crippen molar-refractivity contribution >= 4 is 29.9 Å². The van der Waals surface area contributed by atoms with Crippen molar-refractivity contribution in [2.24, 2.45) is 4.99 Å². The van der Waals surface area contributed by atoms with Gasteiger partial charge in [0, 0.05) is 26.7 Å². The zero-order chi connectivity index (χ0) is 14.2. The molecule has 0 amide bonds. The fourth-order valence-corrected chi connectivity index (χ4v) is 2.25. The molecule has 1 heterocycles. The lowest BCUT2D eigenvalue weighted by Gasteiger charge is -2.15. The quantitative estimate of drug-likeness (QED) is 0.448. The number of benzene rings is 1. The van der Waals surface area contributed by atoms with Crippen molar-refractivity contribution < 1.29 is 9.13 Å². The van der Waals surface area contributed by atoms with E-state index in [1.165, 1.54) is 6.07 Å². The van der Waals surface area contributed by atoms with Crippen LogP contribution in [0.3, 0.4) is 0 Å². The second kappa shape index (κ2) is 9.94. The summed E-state index contributed by atoms with van der Waals surface area (Å²) in [5, 5.41) is 6.42. The van der Waals surface area contributed by atoms with Crippen molar-refractivity contribution in [3.63, 3.8) is 0 Å². The number of ether oxygens (including phenoxy) is 1. The molecule has 0 saturated carbocycles. The number of nitrogens with zero attached hydrogens (tertiary/aromatic N) is 1. The first-order chi connectivity index (χ1) is 9.79. The van der Waals surface area contributed by atoms with Crippen LogP contribution < -0.4 is 10.6 Å². The molecule has 1 saturated heterocycles. The van der Waals surface area contributed by atoms with Gasteiger partial charge in [0.05, 0.1) is 6.10 Å². The fraction of sp³-hybridized carbons (Fsp3) is 0.533. The average molecular weight is 407 g/mol. The van der Waals surface area contributed by atoms with Crippen LogP contribution in [0, 0.1) is 5.82 Å². The number of guanidine groups is 1. The van der Waals surface area contributed by atoms with Crippen molar-refractivity contribution in [1.29, 1.82) is 0 Å². The van der Waals surface area contributed by atoms with E-state index in [4.69, 9.17) is 4.74 Å². The Morgan fingerprint density at radius 1 is 1.38 bits per heavy atom. The maximum Gasteiger partial charge on any atom is 0.191 e. The maximum absolute atomic E-state index is 13.5. The zero-order valence-corrected chi connectivity index (χ0v) is 14.6. The molecule has 1 atom stereocenters. The second-order valence-corrected chi connectivity index (χ2v) is 4.86. The van der Waals surface area contributed by atoms with Gasteiger partial charge in [-0.1, -0.05) is 18.2 Å². The molecule has 1 aromatic carbocycles. The number of aliphatic imine (C=N–C) groups is 1. The number of hydrogen-bond donors (Lipinski definition) is 2. The molecule has 0 spiro atoms. The molecular weight excluding hydrogens is 384 g/mol. The van der Waals surface area contributed by atoms with Gasteiger partial charge in [-0.2, -0.15) is 0 Å². The first-order valence-corrected chi connectivity index (χ1v) is 7.09. The predicted octanol–water partition coefficient (Wildman–Crippen LogP) is 2.33. The van der Waals surface area contributed by atoms with Crippen molar-refractivity contribution in [3.05, 3.63) is 35.6 Å². The summed E-state index contributed by atoms with van der Waals surface area (Å²) in [6, 6.07) is 6.84. The van der Waals surface area contributed by atoms with E-state index in [1.807, 2.05) is 6.07 Å². The van der Waals surface area contributed by atoms with E-state index in [0.717, 1.165) is 37.5 Å². The standard InChI is InChI=1S/C15H22FN3O.HI/c1-17-15(19-11-13-6-4-10-20-13)18-9-8-12-5-2-3-7-14(12)16;/h2-3,5,7,13H,4,6,8-11H2,1H3,(H2,17,18,19);1H. The van der Waals surface area contributed by atoms with E-state index < -0.39 is 0 Å². The van der Waals surface area contributed by atoms with Gasteiger partial charge >= 0.3 is 0 Å². The molecule has 1 fully saturated rings. The molecule has 118 valence electrons. The van der Waals surface area contributed by atoms with Crippen LogP contribution in [0.2, 0.25) is 0 Å². The molecule has 4 nitrogen and oxygen atoms in total. The van der Waals surface area contributed by atoms with Gasteiger partial charge in [-0.15, -0.1) is 24.0 Å². The monoisotopic (exact) mass is 407 g/mol. The summed E-state index contributed by atoms with van der Waals surface area (Å²) in [5.41, 5.74) is 0.717. The highest BCUT2D eigenvalue weighted by Crippen LogP contribution is 2.10. The largest absolute Gasteiger partial charge is 0.376 e. The lowest BCUT2D eigenvalue weighted by atomic mass is 10.1. The fourth-order valence-electron chi connectivity index (χ4n) is 2.25. The SMILES string of the molecule is CN=C(NCCc1ccccc1F)NCC1CCCO1.I. The van der Waals surface area contributed by atoms with Crippen LogP contribution in [-0.2, 0) is 11.2 Å². The molecule has 0 bridgehead atoms. The molecule has 6 heteroatoms. The molecule has 1 aromatic rings. The topological polar surface area (TPSA) is 45.7 Å². The van der Waals surface area contributed by atoms with Crippen molar-refractivity contribution in [3.8, 4) is 0 Å². The molecule has 0 radical (unpaired) electrons. The maximum atomic E-state index is 13.5. The van der Waals surface area contributed by atoms with Crippen LogP contribution in [0.1, 0.15) is 18.4 Å². The van der Waals surface area contributed by atoms with Crippen LogP contribution in [0.4, 0.5) is 4.39 Å². The molecule has 2 rings (SSSR count). The Kier molecular flexibility index (Phi) is 8.60. The predicted molar refractivity (Wildman–Crippen MR) is 93.9 cm³/mol. The van der Waals surface area contributed by atoms with Crippen LogP contribution >= 0.6 is 24.0 Å². The second-order valence-electron chi connectivity index (χ2n) is 4.86. The zero-order valence-electron chi connectivity index (χ0n) is 12.3. The van der Waals surface area contributed by atoms with Crippen molar-refractivity contribution in [2.45, 2.75) is 25.4 Å². The van der Waals surface area contributed by atoms with Crippen LogP contribution in [0.15, 0.2) is 29.3 Å². The lowest BCUT2D eigenvalue weighted by Crippen LogP contribution is -2.41. The van der Waals surface area contributed by atoms with Gasteiger partial charge in [0.15, 0.2) is 5.96 Å². The first-order valence-electron chi connectivity index (χ1n) is 7.09. The summed E-state index contributed by atoms with van der Waals surface area (Å²) in [4.78, 5) is 4.15. The highest BCUT2D eigenvalue weighted by atomic mass is 127. The third-order valence-electron chi connectivity index (χ3n) is 3.39. The first kappa shape index (κ1) is 18.2. The van der Waals surface area contributed by atoms with Gasteiger partial charge in [0.25, 0.3) is 0 Å². The van der Waals surface area contributed by atoms with Gasteiger partial charge in [0.1, 0.15) is 5.82 Å². The summed E-state index contributed by atoms with van der Waals surface area (Å²) < 4.78 is 19.0. The van der Waals surface area contributed by atoms with Gasteiger partial charge in [-0.25, -0.2) is 4.39 Å². The van der Waals surface area contributed by atoms with E-state index in [-0.39, 0.29) is 35.9 Å². The molecule has 1 aliphatic heterocycles. The van der Waals surface area contributed by atoms with E-state index >= 15 is 0 Å². The lowest BCUT2D eigenvalue weighted by molar-refractivity contribution is 0.114. The Hall–Kier alpha value is -0.890. The summed E-state index contributed by atoms with van der Waals surface area (Å²) in [6.45, 7) is 2.26. The van der Waals surface area contributed by atoms with E-state index in [1.54, 1.807) is 19.2 Å². The normalized spacial score (nSPS) is 18.2. The van der Waals surface area contributed by atoms with Crippen molar-refractivity contribution in [1.82, 2.24) is 10.6 Å². The Morgan fingerprint density at radius 3 is 2.86 bits per heavy atom. The number of halogens is 2. The summed E-state index contributed by atoms with van der Waals surface area (Å²) >= 11 is 0. The van der Waals surface area contributed by atoms with Crippen LogP contribution in [0.25, 0.3) is 0 Å². The molecule has 0 aliphatic carbocycles. The Balaban J connectivity index is 0.00000220. The number of rotatable bonds is 5. The third-order valence-corrected chi connectivity index (χ3v) is 3.39. The van der Waals surface area contributed by atoms with Gasteiger partial charge in [-0.05, 0) is 30.9 Å². The van der Waals surface area contributed by atoms with Crippen molar-refractivity contribution in [2.75, 3.05) is 26.7 Å². The van der Waals surface area contributed by atoms with E-state index in [9.17, 15) is 4.39 Å². The highest BCUT2D eigenvalue weighted by molar-refractivity contribution is 14.0. The number of hydrogen-bond acceptors (Lipinski definition) is 2. The molecule has 21 heavy (non-hydrogen) atoms. The average Bonchev–Trinajstić information content (AvgIpc) is 2.98. The van der Waals surface area contributed by atoms with Gasteiger partial charge in [0.2, 0.25) is 0 Å². The summed E-state index contributed by atoms with van der Waals surface area (Å²) in [6.07, 6.45) is 3.14. The van der Waals surface area contributed by atoms with E-state index in [2.05, 4.69) is 15.6 Å². The van der Waals surface area contributed by atoms with Gasteiger partial charge < -0.3 is 15.4 Å². The Morgan fingerprint density at radius 2 is 2.19 bits per heavy atom. The Labute approximate surface area is 142 Å². The smallest absolute Gasteiger partial charge is 0.191 e. The Bertz CT molecular complexity index is 450. The van der Waals surface area contributed by atoms with Crippen LogP contribution in [0.5, 0.6) is 0 Å². The molecule has 1 unspecified atom stereocenters. The van der Waals surface area contributed by atoms with Gasteiger partial charge in [-0.3, -0.25) is 4.99 Å². The minimum absolute atomic E-state index is 0. The number of nitrogens with one attached hydrogen (secondary N) is 2. The molecule has 2 N–H and O–H groups in total.